The Labute approximate surface area is 279 Å². The molecule has 0 saturated heterocycles. The zero-order chi connectivity index (χ0) is 31.7. The smallest absolute Gasteiger partial charge is 0.135 e. The van der Waals surface area contributed by atoms with Gasteiger partial charge in [-0.3, -0.25) is 0 Å². The summed E-state index contributed by atoms with van der Waals surface area (Å²) in [5.41, 5.74) is 13.9. The van der Waals surface area contributed by atoms with E-state index in [2.05, 4.69) is 176 Å². The lowest BCUT2D eigenvalue weighted by Gasteiger charge is -2.34. The molecule has 9 aromatic rings. The summed E-state index contributed by atoms with van der Waals surface area (Å²) in [6.45, 7) is 0. The van der Waals surface area contributed by atoms with Crippen molar-refractivity contribution < 1.29 is 4.42 Å². The summed E-state index contributed by atoms with van der Waals surface area (Å²) in [4.78, 5) is 0. The van der Waals surface area contributed by atoms with Crippen molar-refractivity contribution in [3.8, 4) is 33.4 Å². The quantitative estimate of drug-likeness (QED) is 0.193. The Morgan fingerprint density at radius 3 is 1.65 bits per heavy atom. The highest BCUT2D eigenvalue weighted by atomic mass is 16.3. The molecule has 1 heteroatoms. The molecule has 1 aliphatic carbocycles. The summed E-state index contributed by atoms with van der Waals surface area (Å²) in [7, 11) is 0. The van der Waals surface area contributed by atoms with Crippen LogP contribution in [0.2, 0.25) is 0 Å². The van der Waals surface area contributed by atoms with Gasteiger partial charge in [-0.15, -0.1) is 0 Å². The molecule has 0 N–H and O–H groups in total. The third kappa shape index (κ3) is 3.79. The van der Waals surface area contributed by atoms with Crippen molar-refractivity contribution in [1.29, 1.82) is 0 Å². The minimum absolute atomic E-state index is 0.525. The molecular weight excluding hydrogens is 581 g/mol. The first-order valence-corrected chi connectivity index (χ1v) is 16.6. The van der Waals surface area contributed by atoms with Crippen LogP contribution in [-0.2, 0) is 5.41 Å². The summed E-state index contributed by atoms with van der Waals surface area (Å²) in [5.74, 6) is 0. The average Bonchev–Trinajstić information content (AvgIpc) is 3.68. The first kappa shape index (κ1) is 27.0. The second-order valence-corrected chi connectivity index (χ2v) is 12.8. The van der Waals surface area contributed by atoms with Crippen LogP contribution in [0, 0.1) is 0 Å². The number of furan rings is 1. The van der Waals surface area contributed by atoms with Crippen LogP contribution >= 0.6 is 0 Å². The summed E-state index contributed by atoms with van der Waals surface area (Å²) in [5, 5.41) is 4.80. The van der Waals surface area contributed by atoms with Crippen LogP contribution in [0.5, 0.6) is 0 Å². The van der Waals surface area contributed by atoms with E-state index >= 15 is 0 Å². The van der Waals surface area contributed by atoms with E-state index in [1.807, 2.05) is 6.07 Å². The van der Waals surface area contributed by atoms with Gasteiger partial charge in [0, 0.05) is 10.8 Å². The predicted octanol–water partition coefficient (Wildman–Crippen LogP) is 12.4. The van der Waals surface area contributed by atoms with Gasteiger partial charge in [0.2, 0.25) is 0 Å². The second-order valence-electron chi connectivity index (χ2n) is 12.8. The predicted molar refractivity (Wildman–Crippen MR) is 199 cm³/mol. The van der Waals surface area contributed by atoms with E-state index < -0.39 is 5.41 Å². The van der Waals surface area contributed by atoms with E-state index in [4.69, 9.17) is 4.42 Å². The molecule has 0 bridgehead atoms. The number of fused-ring (bicyclic) bond motifs is 8. The van der Waals surface area contributed by atoms with Crippen LogP contribution in [0.1, 0.15) is 22.3 Å². The Morgan fingerprint density at radius 2 is 0.917 bits per heavy atom. The zero-order valence-corrected chi connectivity index (χ0v) is 26.2. The van der Waals surface area contributed by atoms with Crippen LogP contribution < -0.4 is 0 Å². The number of hydrogen-bond donors (Lipinski definition) is 0. The van der Waals surface area contributed by atoms with Gasteiger partial charge in [-0.1, -0.05) is 152 Å². The molecular formula is C47H30O. The van der Waals surface area contributed by atoms with Gasteiger partial charge in [0.15, 0.2) is 0 Å². The van der Waals surface area contributed by atoms with E-state index in [-0.39, 0.29) is 0 Å². The molecule has 0 atom stereocenters. The molecule has 0 aliphatic heterocycles. The summed E-state index contributed by atoms with van der Waals surface area (Å²) >= 11 is 0. The fraction of sp³-hybridized carbons (Fsp3) is 0.0213. The third-order valence-electron chi connectivity index (χ3n) is 10.3. The van der Waals surface area contributed by atoms with E-state index in [0.717, 1.165) is 21.9 Å². The van der Waals surface area contributed by atoms with Gasteiger partial charge >= 0.3 is 0 Å². The van der Waals surface area contributed by atoms with Gasteiger partial charge in [-0.25, -0.2) is 0 Å². The average molecular weight is 611 g/mol. The molecule has 1 nitrogen and oxygen atoms in total. The summed E-state index contributed by atoms with van der Waals surface area (Å²) in [6, 6.07) is 66.5. The van der Waals surface area contributed by atoms with Crippen LogP contribution in [0.3, 0.4) is 0 Å². The number of rotatable bonds is 4. The van der Waals surface area contributed by atoms with Gasteiger partial charge < -0.3 is 4.42 Å². The maximum atomic E-state index is 6.24. The molecule has 0 fully saturated rings. The Hall–Kier alpha value is -6.18. The standard InChI is InChI=1S/C47H30O/c1-4-14-31(15-5-1)32-24-26-39-42(29-32)47(34-16-6-2-7-17-34,35-18-8-3-9-19-35)43-30-40(36-20-10-11-22-38(36)46(39)43)33-25-27-45-41(28-33)37-21-12-13-23-44(37)48-45/h1-30H. The van der Waals surface area contributed by atoms with Crippen molar-refractivity contribution in [2.75, 3.05) is 0 Å². The molecule has 1 aliphatic rings. The summed E-state index contributed by atoms with van der Waals surface area (Å²) in [6.07, 6.45) is 0. The van der Waals surface area contributed by atoms with Crippen molar-refractivity contribution in [2.45, 2.75) is 5.41 Å². The SMILES string of the molecule is c1ccc(-c2ccc3c(c2)C(c2ccccc2)(c2ccccc2)c2cc(-c4ccc5oc6ccccc6c5c4)c4ccccc4c2-3)cc1. The number of hydrogen-bond acceptors (Lipinski definition) is 1. The minimum Gasteiger partial charge on any atom is -0.456 e. The van der Waals surface area contributed by atoms with Crippen LogP contribution in [0.25, 0.3) is 66.1 Å². The molecule has 0 unspecified atom stereocenters. The molecule has 0 amide bonds. The van der Waals surface area contributed by atoms with E-state index in [1.54, 1.807) is 0 Å². The fourth-order valence-electron chi connectivity index (χ4n) is 8.29. The van der Waals surface area contributed by atoms with Gasteiger partial charge in [-0.05, 0) is 96.7 Å². The van der Waals surface area contributed by atoms with Gasteiger partial charge in [-0.2, -0.15) is 0 Å². The van der Waals surface area contributed by atoms with Gasteiger partial charge in [0.25, 0.3) is 0 Å². The first-order valence-electron chi connectivity index (χ1n) is 16.6. The maximum absolute atomic E-state index is 6.24. The minimum atomic E-state index is -0.525. The molecule has 0 saturated carbocycles. The molecule has 224 valence electrons. The Bertz CT molecular complexity index is 2610. The van der Waals surface area contributed by atoms with Crippen molar-refractivity contribution in [2.24, 2.45) is 0 Å². The molecule has 8 aromatic carbocycles. The molecule has 10 rings (SSSR count). The zero-order valence-electron chi connectivity index (χ0n) is 26.2. The fourth-order valence-corrected chi connectivity index (χ4v) is 8.29. The van der Waals surface area contributed by atoms with Gasteiger partial charge in [0.1, 0.15) is 11.2 Å². The van der Waals surface area contributed by atoms with E-state index in [9.17, 15) is 0 Å². The van der Waals surface area contributed by atoms with E-state index in [1.165, 1.54) is 66.4 Å². The normalized spacial score (nSPS) is 13.2. The number of benzene rings is 8. The number of para-hydroxylation sites is 1. The maximum Gasteiger partial charge on any atom is 0.135 e. The topological polar surface area (TPSA) is 13.1 Å². The van der Waals surface area contributed by atoms with Crippen LogP contribution in [0.15, 0.2) is 186 Å². The Morgan fingerprint density at radius 1 is 0.333 bits per heavy atom. The summed E-state index contributed by atoms with van der Waals surface area (Å²) < 4.78 is 6.24. The molecule has 1 heterocycles. The van der Waals surface area contributed by atoms with Gasteiger partial charge in [0.05, 0.1) is 5.41 Å². The molecule has 0 radical (unpaired) electrons. The third-order valence-corrected chi connectivity index (χ3v) is 10.3. The van der Waals surface area contributed by atoms with Crippen molar-refractivity contribution in [1.82, 2.24) is 0 Å². The van der Waals surface area contributed by atoms with Crippen LogP contribution in [0.4, 0.5) is 0 Å². The van der Waals surface area contributed by atoms with Crippen molar-refractivity contribution >= 4 is 32.7 Å². The first-order chi connectivity index (χ1) is 23.8. The highest BCUT2D eigenvalue weighted by molar-refractivity contribution is 6.12. The van der Waals surface area contributed by atoms with E-state index in [0.29, 0.717) is 0 Å². The molecule has 0 spiro atoms. The highest BCUT2D eigenvalue weighted by Crippen LogP contribution is 2.59. The monoisotopic (exact) mass is 610 g/mol. The van der Waals surface area contributed by atoms with Crippen molar-refractivity contribution in [3.05, 3.63) is 204 Å². The Kier molecular flexibility index (Phi) is 5.86. The van der Waals surface area contributed by atoms with Crippen molar-refractivity contribution in [3.63, 3.8) is 0 Å². The van der Waals surface area contributed by atoms with Crippen LogP contribution in [-0.4, -0.2) is 0 Å². The lowest BCUT2D eigenvalue weighted by molar-refractivity contribution is 0.669. The lowest BCUT2D eigenvalue weighted by atomic mass is 9.67. The lowest BCUT2D eigenvalue weighted by Crippen LogP contribution is -2.28. The molecule has 48 heavy (non-hydrogen) atoms. The molecule has 1 aromatic heterocycles. The Balaban J connectivity index is 1.35. The second kappa shape index (κ2) is 10.4. The largest absolute Gasteiger partial charge is 0.456 e. The highest BCUT2D eigenvalue weighted by Gasteiger charge is 2.47.